The van der Waals surface area contributed by atoms with Crippen LogP contribution in [0.2, 0.25) is 0 Å². The fourth-order valence-corrected chi connectivity index (χ4v) is 4.35. The summed E-state index contributed by atoms with van der Waals surface area (Å²) in [5.74, 6) is -2.62. The highest BCUT2D eigenvalue weighted by atomic mass is 16.5. The van der Waals surface area contributed by atoms with Crippen LogP contribution < -0.4 is 5.32 Å². The molecule has 0 radical (unpaired) electrons. The van der Waals surface area contributed by atoms with Crippen molar-refractivity contribution in [1.82, 2.24) is 4.90 Å². The van der Waals surface area contributed by atoms with E-state index in [9.17, 15) is 19.2 Å². The highest BCUT2D eigenvalue weighted by Gasteiger charge is 2.38. The zero-order valence-electron chi connectivity index (χ0n) is 18.9. The van der Waals surface area contributed by atoms with Crippen molar-refractivity contribution >= 4 is 40.8 Å². The Kier molecular flexibility index (Phi) is 5.70. The van der Waals surface area contributed by atoms with Crippen LogP contribution in [-0.2, 0) is 14.3 Å². The second-order valence-corrected chi connectivity index (χ2v) is 8.10. The Balaban J connectivity index is 1.55. The molecule has 5 rings (SSSR count). The number of imide groups is 1. The van der Waals surface area contributed by atoms with Crippen molar-refractivity contribution in [3.8, 4) is 0 Å². The standard InChI is InChI=1S/C27H21N3O5/c1-2-35-22(31)15-30-26(33)18-13-12-17(14-20(18)27(30)34)28-24(16-8-4-3-5-9-16)23-19-10-6-7-11-21(19)29-25(23)32/h3-14,23H,2,15H2,1H3,(H,29,32). The van der Waals surface area contributed by atoms with Gasteiger partial charge in [-0.05, 0) is 42.3 Å². The molecule has 0 saturated carbocycles. The van der Waals surface area contributed by atoms with E-state index in [2.05, 4.69) is 5.32 Å². The summed E-state index contributed by atoms with van der Waals surface area (Å²) < 4.78 is 4.88. The lowest BCUT2D eigenvalue weighted by molar-refractivity contribution is -0.143. The van der Waals surface area contributed by atoms with E-state index >= 15 is 0 Å². The van der Waals surface area contributed by atoms with Crippen molar-refractivity contribution < 1.29 is 23.9 Å². The number of rotatable bonds is 6. The van der Waals surface area contributed by atoms with Gasteiger partial charge in [0.2, 0.25) is 5.91 Å². The van der Waals surface area contributed by atoms with Crippen molar-refractivity contribution in [3.05, 3.63) is 95.1 Å². The largest absolute Gasteiger partial charge is 0.465 e. The predicted octanol–water partition coefficient (Wildman–Crippen LogP) is 3.70. The van der Waals surface area contributed by atoms with Crippen molar-refractivity contribution in [2.45, 2.75) is 12.8 Å². The molecule has 2 aliphatic heterocycles. The van der Waals surface area contributed by atoms with Crippen molar-refractivity contribution in [2.75, 3.05) is 18.5 Å². The summed E-state index contributed by atoms with van der Waals surface area (Å²) in [6.45, 7) is 1.35. The summed E-state index contributed by atoms with van der Waals surface area (Å²) in [7, 11) is 0. The molecule has 174 valence electrons. The first-order valence-corrected chi connectivity index (χ1v) is 11.2. The average Bonchev–Trinajstić information content (AvgIpc) is 3.31. The number of aliphatic imine (C=N–C) groups is 1. The van der Waals surface area contributed by atoms with Gasteiger partial charge in [0.15, 0.2) is 0 Å². The number of para-hydroxylation sites is 1. The van der Waals surface area contributed by atoms with Crippen LogP contribution >= 0.6 is 0 Å². The average molecular weight is 467 g/mol. The van der Waals surface area contributed by atoms with E-state index < -0.39 is 30.2 Å². The first kappa shape index (κ1) is 22.2. The lowest BCUT2D eigenvalue weighted by Crippen LogP contribution is -2.35. The minimum absolute atomic E-state index is 0.154. The van der Waals surface area contributed by atoms with Crippen LogP contribution in [0.3, 0.4) is 0 Å². The third kappa shape index (κ3) is 3.99. The van der Waals surface area contributed by atoms with Crippen LogP contribution in [-0.4, -0.2) is 47.5 Å². The number of hydrogen-bond donors (Lipinski definition) is 1. The highest BCUT2D eigenvalue weighted by Crippen LogP contribution is 2.36. The summed E-state index contributed by atoms with van der Waals surface area (Å²) in [6, 6.07) is 21.4. The van der Waals surface area contributed by atoms with E-state index in [1.165, 1.54) is 12.1 Å². The van der Waals surface area contributed by atoms with Gasteiger partial charge in [-0.3, -0.25) is 29.1 Å². The summed E-state index contributed by atoms with van der Waals surface area (Å²) in [4.78, 5) is 56.1. The van der Waals surface area contributed by atoms with Gasteiger partial charge in [-0.15, -0.1) is 0 Å². The van der Waals surface area contributed by atoms with Crippen LogP contribution in [0.5, 0.6) is 0 Å². The topological polar surface area (TPSA) is 105 Å². The molecule has 0 spiro atoms. The number of nitrogens with one attached hydrogen (secondary N) is 1. The van der Waals surface area contributed by atoms with Crippen LogP contribution in [0.15, 0.2) is 77.8 Å². The Morgan fingerprint density at radius 2 is 1.66 bits per heavy atom. The second kappa shape index (κ2) is 8.98. The maximum atomic E-state index is 13.0. The van der Waals surface area contributed by atoms with Crippen LogP contribution in [0, 0.1) is 0 Å². The van der Waals surface area contributed by atoms with Gasteiger partial charge in [0.05, 0.1) is 29.1 Å². The van der Waals surface area contributed by atoms with Gasteiger partial charge in [-0.25, -0.2) is 0 Å². The minimum atomic E-state index is -0.655. The minimum Gasteiger partial charge on any atom is -0.465 e. The van der Waals surface area contributed by atoms with E-state index in [4.69, 9.17) is 9.73 Å². The Morgan fingerprint density at radius 1 is 0.943 bits per heavy atom. The maximum absolute atomic E-state index is 13.0. The number of fused-ring (bicyclic) bond motifs is 2. The van der Waals surface area contributed by atoms with Gasteiger partial charge < -0.3 is 10.1 Å². The molecule has 0 fully saturated rings. The smallest absolute Gasteiger partial charge is 0.326 e. The summed E-state index contributed by atoms with van der Waals surface area (Å²) >= 11 is 0. The summed E-state index contributed by atoms with van der Waals surface area (Å²) in [5, 5.41) is 2.90. The van der Waals surface area contributed by atoms with Gasteiger partial charge in [0, 0.05) is 5.69 Å². The van der Waals surface area contributed by atoms with E-state index in [1.54, 1.807) is 13.0 Å². The number of carbonyl (C=O) groups is 4. The number of nitrogens with zero attached hydrogens (tertiary/aromatic N) is 2. The van der Waals surface area contributed by atoms with Gasteiger partial charge in [0.1, 0.15) is 12.5 Å². The zero-order valence-corrected chi connectivity index (χ0v) is 18.9. The molecule has 3 amide bonds. The predicted molar refractivity (Wildman–Crippen MR) is 129 cm³/mol. The molecule has 0 aliphatic carbocycles. The normalized spacial score (nSPS) is 16.7. The molecule has 1 N–H and O–H groups in total. The third-order valence-electron chi connectivity index (χ3n) is 5.93. The number of carbonyl (C=O) groups excluding carboxylic acids is 4. The van der Waals surface area contributed by atoms with Gasteiger partial charge in [0.25, 0.3) is 11.8 Å². The van der Waals surface area contributed by atoms with E-state index in [0.717, 1.165) is 21.7 Å². The number of amides is 3. The summed E-state index contributed by atoms with van der Waals surface area (Å²) in [6.07, 6.45) is 0. The monoisotopic (exact) mass is 467 g/mol. The molecular formula is C27H21N3O5. The van der Waals surface area contributed by atoms with E-state index in [1.807, 2.05) is 54.6 Å². The molecule has 2 aliphatic rings. The summed E-state index contributed by atoms with van der Waals surface area (Å²) in [5.41, 5.74) is 3.60. The molecule has 0 aromatic heterocycles. The Labute approximate surface area is 201 Å². The third-order valence-corrected chi connectivity index (χ3v) is 5.93. The number of benzene rings is 3. The van der Waals surface area contributed by atoms with Crippen LogP contribution in [0.4, 0.5) is 11.4 Å². The number of hydrogen-bond acceptors (Lipinski definition) is 6. The van der Waals surface area contributed by atoms with Crippen molar-refractivity contribution in [1.29, 1.82) is 0 Å². The molecule has 0 bridgehead atoms. The van der Waals surface area contributed by atoms with E-state index in [-0.39, 0.29) is 23.6 Å². The molecule has 3 aromatic rings. The van der Waals surface area contributed by atoms with E-state index in [0.29, 0.717) is 11.4 Å². The molecule has 1 atom stereocenters. The number of esters is 1. The quantitative estimate of drug-likeness (QED) is 0.338. The first-order valence-electron chi connectivity index (χ1n) is 11.2. The fraction of sp³-hybridized carbons (Fsp3) is 0.148. The van der Waals surface area contributed by atoms with Gasteiger partial charge in [-0.2, -0.15) is 0 Å². The van der Waals surface area contributed by atoms with Gasteiger partial charge in [-0.1, -0.05) is 48.5 Å². The van der Waals surface area contributed by atoms with Crippen LogP contribution in [0.1, 0.15) is 44.7 Å². The lowest BCUT2D eigenvalue weighted by Gasteiger charge is -2.14. The molecule has 2 heterocycles. The van der Waals surface area contributed by atoms with Crippen LogP contribution in [0.25, 0.3) is 0 Å². The van der Waals surface area contributed by atoms with Crippen molar-refractivity contribution in [2.24, 2.45) is 4.99 Å². The highest BCUT2D eigenvalue weighted by molar-refractivity contribution is 6.25. The van der Waals surface area contributed by atoms with Crippen molar-refractivity contribution in [3.63, 3.8) is 0 Å². The molecule has 1 unspecified atom stereocenters. The zero-order chi connectivity index (χ0) is 24.5. The Hall–Kier alpha value is -4.59. The molecule has 35 heavy (non-hydrogen) atoms. The lowest BCUT2D eigenvalue weighted by atomic mass is 9.90. The molecule has 3 aromatic carbocycles. The first-order chi connectivity index (χ1) is 17.0. The second-order valence-electron chi connectivity index (χ2n) is 8.10. The molecule has 8 nitrogen and oxygen atoms in total. The Morgan fingerprint density at radius 3 is 2.43 bits per heavy atom. The fourth-order valence-electron chi connectivity index (χ4n) is 4.35. The molecule has 8 heteroatoms. The SMILES string of the molecule is CCOC(=O)CN1C(=O)c2ccc(N=C(c3ccccc3)C3C(=O)Nc4ccccc43)cc2C1=O. The van der Waals surface area contributed by atoms with Gasteiger partial charge >= 0.3 is 5.97 Å². The Bertz CT molecular complexity index is 1400. The molecule has 0 saturated heterocycles. The maximum Gasteiger partial charge on any atom is 0.326 e. The molecular weight excluding hydrogens is 446 g/mol. The number of ether oxygens (including phenoxy) is 1. The number of anilines is 1.